The van der Waals surface area contributed by atoms with Crippen molar-refractivity contribution in [2.75, 3.05) is 0 Å². The maximum absolute atomic E-state index is 12.9. The molecule has 0 N–H and O–H groups in total. The number of fused-ring (bicyclic) bond motifs is 1. The van der Waals surface area contributed by atoms with Gasteiger partial charge in [-0.3, -0.25) is 0 Å². The predicted molar refractivity (Wildman–Crippen MR) is 49.9 cm³/mol. The standard InChI is InChI=1S/C10H9FN2/c1-2-5-13-7-12-9-4-3-8(11)6-10(9)13/h2-4,6-7H,1,5H2. The van der Waals surface area contributed by atoms with Gasteiger partial charge in [0.25, 0.3) is 0 Å². The van der Waals surface area contributed by atoms with Crippen LogP contribution in [-0.4, -0.2) is 9.55 Å². The van der Waals surface area contributed by atoms with Crippen LogP contribution in [0.4, 0.5) is 4.39 Å². The van der Waals surface area contributed by atoms with Gasteiger partial charge in [0, 0.05) is 6.54 Å². The second kappa shape index (κ2) is 3.01. The first-order chi connectivity index (χ1) is 6.31. The molecule has 13 heavy (non-hydrogen) atoms. The van der Waals surface area contributed by atoms with Gasteiger partial charge in [-0.15, -0.1) is 6.58 Å². The van der Waals surface area contributed by atoms with Crippen LogP contribution < -0.4 is 0 Å². The van der Waals surface area contributed by atoms with E-state index in [1.54, 1.807) is 18.5 Å². The van der Waals surface area contributed by atoms with Crippen LogP contribution in [0.1, 0.15) is 0 Å². The number of allylic oxidation sites excluding steroid dienone is 1. The predicted octanol–water partition coefficient (Wildman–Crippen LogP) is 2.36. The van der Waals surface area contributed by atoms with Crippen molar-refractivity contribution in [1.29, 1.82) is 0 Å². The van der Waals surface area contributed by atoms with Crippen molar-refractivity contribution in [3.8, 4) is 0 Å². The van der Waals surface area contributed by atoms with E-state index in [4.69, 9.17) is 0 Å². The summed E-state index contributed by atoms with van der Waals surface area (Å²) in [4.78, 5) is 4.13. The Labute approximate surface area is 75.3 Å². The summed E-state index contributed by atoms with van der Waals surface area (Å²) in [5.74, 6) is -0.238. The molecular weight excluding hydrogens is 167 g/mol. The van der Waals surface area contributed by atoms with E-state index in [1.807, 2.05) is 4.57 Å². The number of aromatic nitrogens is 2. The van der Waals surface area contributed by atoms with E-state index in [0.29, 0.717) is 6.54 Å². The SMILES string of the molecule is C=CCn1cnc2ccc(F)cc21. The van der Waals surface area contributed by atoms with Crippen molar-refractivity contribution >= 4 is 11.0 Å². The third-order valence-electron chi connectivity index (χ3n) is 1.91. The van der Waals surface area contributed by atoms with Gasteiger partial charge in [0.2, 0.25) is 0 Å². The number of hydrogen-bond acceptors (Lipinski definition) is 1. The topological polar surface area (TPSA) is 17.8 Å². The molecule has 1 aromatic heterocycles. The second-order valence-electron chi connectivity index (χ2n) is 2.82. The summed E-state index contributed by atoms with van der Waals surface area (Å²) < 4.78 is 14.7. The second-order valence-corrected chi connectivity index (χ2v) is 2.82. The first-order valence-electron chi connectivity index (χ1n) is 4.02. The van der Waals surface area contributed by atoms with E-state index in [0.717, 1.165) is 11.0 Å². The lowest BCUT2D eigenvalue weighted by Crippen LogP contribution is -1.91. The van der Waals surface area contributed by atoms with E-state index in [9.17, 15) is 4.39 Å². The molecule has 3 heteroatoms. The average Bonchev–Trinajstić information content (AvgIpc) is 2.49. The summed E-state index contributed by atoms with van der Waals surface area (Å²) in [7, 11) is 0. The van der Waals surface area contributed by atoms with E-state index >= 15 is 0 Å². The van der Waals surface area contributed by atoms with Crippen molar-refractivity contribution in [2.24, 2.45) is 0 Å². The molecule has 0 saturated carbocycles. The highest BCUT2D eigenvalue weighted by atomic mass is 19.1. The molecule has 0 aliphatic carbocycles. The Morgan fingerprint density at radius 1 is 1.54 bits per heavy atom. The largest absolute Gasteiger partial charge is 0.327 e. The minimum Gasteiger partial charge on any atom is -0.327 e. The maximum Gasteiger partial charge on any atom is 0.125 e. The van der Waals surface area contributed by atoms with Crippen LogP contribution in [0.2, 0.25) is 0 Å². The Balaban J connectivity index is 2.64. The molecule has 0 spiro atoms. The number of imidazole rings is 1. The third kappa shape index (κ3) is 1.33. The highest BCUT2D eigenvalue weighted by molar-refractivity contribution is 5.75. The van der Waals surface area contributed by atoms with Crippen molar-refractivity contribution in [3.63, 3.8) is 0 Å². The minimum absolute atomic E-state index is 0.238. The number of halogens is 1. The number of hydrogen-bond donors (Lipinski definition) is 0. The normalized spacial score (nSPS) is 10.5. The molecule has 0 aliphatic heterocycles. The van der Waals surface area contributed by atoms with Crippen LogP contribution in [0.25, 0.3) is 11.0 Å². The van der Waals surface area contributed by atoms with Crippen LogP contribution in [-0.2, 0) is 6.54 Å². The van der Waals surface area contributed by atoms with Crippen molar-refractivity contribution in [2.45, 2.75) is 6.54 Å². The first-order valence-corrected chi connectivity index (χ1v) is 4.02. The summed E-state index contributed by atoms with van der Waals surface area (Å²) >= 11 is 0. The first kappa shape index (κ1) is 7.98. The van der Waals surface area contributed by atoms with Gasteiger partial charge in [-0.05, 0) is 18.2 Å². The zero-order valence-corrected chi connectivity index (χ0v) is 7.07. The highest BCUT2D eigenvalue weighted by Gasteiger charge is 2.01. The van der Waals surface area contributed by atoms with Gasteiger partial charge < -0.3 is 4.57 Å². The lowest BCUT2D eigenvalue weighted by Gasteiger charge is -1.98. The lowest BCUT2D eigenvalue weighted by molar-refractivity contribution is 0.628. The summed E-state index contributed by atoms with van der Waals surface area (Å²) in [5, 5.41) is 0. The minimum atomic E-state index is -0.238. The Morgan fingerprint density at radius 3 is 3.15 bits per heavy atom. The molecule has 0 fully saturated rings. The number of rotatable bonds is 2. The van der Waals surface area contributed by atoms with Gasteiger partial charge in [0.15, 0.2) is 0 Å². The van der Waals surface area contributed by atoms with Crippen LogP contribution in [0.3, 0.4) is 0 Å². The van der Waals surface area contributed by atoms with E-state index in [2.05, 4.69) is 11.6 Å². The summed E-state index contributed by atoms with van der Waals surface area (Å²) in [5.41, 5.74) is 1.61. The summed E-state index contributed by atoms with van der Waals surface area (Å²) in [6.07, 6.45) is 3.44. The van der Waals surface area contributed by atoms with Gasteiger partial charge in [-0.25, -0.2) is 9.37 Å². The van der Waals surface area contributed by atoms with E-state index in [-0.39, 0.29) is 5.82 Å². The monoisotopic (exact) mass is 176 g/mol. The third-order valence-corrected chi connectivity index (χ3v) is 1.91. The Hall–Kier alpha value is -1.64. The van der Waals surface area contributed by atoms with Crippen LogP contribution >= 0.6 is 0 Å². The lowest BCUT2D eigenvalue weighted by atomic mass is 10.3. The fourth-order valence-corrected chi connectivity index (χ4v) is 1.31. The zero-order chi connectivity index (χ0) is 9.26. The zero-order valence-electron chi connectivity index (χ0n) is 7.07. The van der Waals surface area contributed by atoms with Crippen LogP contribution in [0, 0.1) is 5.82 Å². The van der Waals surface area contributed by atoms with E-state index in [1.165, 1.54) is 12.1 Å². The molecular formula is C10H9FN2. The molecule has 0 amide bonds. The summed E-state index contributed by atoms with van der Waals surface area (Å²) in [6.45, 7) is 4.28. The van der Waals surface area contributed by atoms with Crippen molar-refractivity contribution in [1.82, 2.24) is 9.55 Å². The molecule has 2 nitrogen and oxygen atoms in total. The van der Waals surface area contributed by atoms with Gasteiger partial charge in [-0.1, -0.05) is 6.08 Å². The molecule has 1 aromatic carbocycles. The maximum atomic E-state index is 12.9. The quantitative estimate of drug-likeness (QED) is 0.642. The molecule has 66 valence electrons. The Kier molecular flexibility index (Phi) is 1.85. The molecule has 0 bridgehead atoms. The Morgan fingerprint density at radius 2 is 2.38 bits per heavy atom. The van der Waals surface area contributed by atoms with Crippen molar-refractivity contribution in [3.05, 3.63) is 43.0 Å². The van der Waals surface area contributed by atoms with Gasteiger partial charge in [0.05, 0.1) is 17.4 Å². The van der Waals surface area contributed by atoms with E-state index < -0.39 is 0 Å². The van der Waals surface area contributed by atoms with Gasteiger partial charge in [0.1, 0.15) is 5.82 Å². The Bertz CT molecular complexity index is 445. The van der Waals surface area contributed by atoms with Crippen molar-refractivity contribution < 1.29 is 4.39 Å². The fourth-order valence-electron chi connectivity index (χ4n) is 1.31. The number of benzene rings is 1. The molecule has 2 aromatic rings. The van der Waals surface area contributed by atoms with Crippen LogP contribution in [0.15, 0.2) is 37.2 Å². The molecule has 0 saturated heterocycles. The summed E-state index contributed by atoms with van der Waals surface area (Å²) in [6, 6.07) is 4.56. The smallest absolute Gasteiger partial charge is 0.125 e. The molecule has 1 heterocycles. The highest BCUT2D eigenvalue weighted by Crippen LogP contribution is 2.13. The molecule has 0 aliphatic rings. The molecule has 0 atom stereocenters. The molecule has 0 radical (unpaired) electrons. The fraction of sp³-hybridized carbons (Fsp3) is 0.100. The average molecular weight is 176 g/mol. The molecule has 0 unspecified atom stereocenters. The van der Waals surface area contributed by atoms with Crippen LogP contribution in [0.5, 0.6) is 0 Å². The molecule has 2 rings (SSSR count). The number of nitrogens with zero attached hydrogens (tertiary/aromatic N) is 2. The van der Waals surface area contributed by atoms with Gasteiger partial charge in [-0.2, -0.15) is 0 Å². The van der Waals surface area contributed by atoms with Gasteiger partial charge >= 0.3 is 0 Å².